The standard InChI is InChI=1S/C21H20BrF2N3O3/c1-13-17(12-26-27(13)16-6-4-15(22)5-7-16)20(28)25-10-9-14-3-8-18(29-2)19(11-14)30-21(23)24/h3-8,11-12,21H,9-10H2,1-2H3,(H,25,28). The zero-order valence-electron chi connectivity index (χ0n) is 16.4. The second-order valence-electron chi connectivity index (χ2n) is 6.40. The lowest BCUT2D eigenvalue weighted by Crippen LogP contribution is -2.26. The summed E-state index contributed by atoms with van der Waals surface area (Å²) in [6.07, 6.45) is 1.96. The van der Waals surface area contributed by atoms with E-state index in [1.165, 1.54) is 19.4 Å². The highest BCUT2D eigenvalue weighted by atomic mass is 79.9. The molecule has 0 saturated carbocycles. The number of halogens is 3. The van der Waals surface area contributed by atoms with Gasteiger partial charge in [-0.1, -0.05) is 22.0 Å². The Hall–Kier alpha value is -2.94. The Balaban J connectivity index is 1.63. The minimum Gasteiger partial charge on any atom is -0.493 e. The van der Waals surface area contributed by atoms with Crippen LogP contribution in [0.4, 0.5) is 8.78 Å². The Morgan fingerprint density at radius 2 is 1.93 bits per heavy atom. The fraction of sp³-hybridized carbons (Fsp3) is 0.238. The molecule has 0 bridgehead atoms. The number of ether oxygens (including phenoxy) is 2. The highest BCUT2D eigenvalue weighted by Gasteiger charge is 2.15. The molecule has 1 heterocycles. The number of carbonyl (C=O) groups excluding carboxylic acids is 1. The molecule has 0 saturated heterocycles. The molecular formula is C21H20BrF2N3O3. The molecule has 9 heteroatoms. The van der Waals surface area contributed by atoms with Gasteiger partial charge in [-0.25, -0.2) is 4.68 Å². The lowest BCUT2D eigenvalue weighted by atomic mass is 10.1. The van der Waals surface area contributed by atoms with E-state index < -0.39 is 6.61 Å². The van der Waals surface area contributed by atoms with E-state index in [-0.39, 0.29) is 17.4 Å². The molecular weight excluding hydrogens is 460 g/mol. The third-order valence-corrected chi connectivity index (χ3v) is 5.00. The maximum Gasteiger partial charge on any atom is 0.387 e. The Morgan fingerprint density at radius 3 is 2.60 bits per heavy atom. The first-order chi connectivity index (χ1) is 14.4. The van der Waals surface area contributed by atoms with Gasteiger partial charge in [0.2, 0.25) is 0 Å². The Kier molecular flexibility index (Phi) is 7.04. The van der Waals surface area contributed by atoms with Crippen LogP contribution in [0.1, 0.15) is 21.6 Å². The maximum absolute atomic E-state index is 12.6. The molecule has 158 valence electrons. The van der Waals surface area contributed by atoms with Crippen LogP contribution in [0.15, 0.2) is 53.1 Å². The number of benzene rings is 2. The summed E-state index contributed by atoms with van der Waals surface area (Å²) in [6, 6.07) is 12.4. The molecule has 0 fully saturated rings. The van der Waals surface area contributed by atoms with E-state index in [4.69, 9.17) is 4.74 Å². The van der Waals surface area contributed by atoms with Crippen LogP contribution in [0.3, 0.4) is 0 Å². The Labute approximate surface area is 180 Å². The number of nitrogens with one attached hydrogen (secondary N) is 1. The third-order valence-electron chi connectivity index (χ3n) is 4.47. The average molecular weight is 480 g/mol. The van der Waals surface area contributed by atoms with Crippen molar-refractivity contribution < 1.29 is 23.0 Å². The van der Waals surface area contributed by atoms with Crippen molar-refractivity contribution in [2.75, 3.05) is 13.7 Å². The van der Waals surface area contributed by atoms with Crippen molar-refractivity contribution in [3.05, 3.63) is 70.0 Å². The van der Waals surface area contributed by atoms with Crippen LogP contribution in [0, 0.1) is 6.92 Å². The zero-order chi connectivity index (χ0) is 21.7. The molecule has 30 heavy (non-hydrogen) atoms. The Bertz CT molecular complexity index is 1020. The van der Waals surface area contributed by atoms with Crippen molar-refractivity contribution in [2.45, 2.75) is 20.0 Å². The van der Waals surface area contributed by atoms with Crippen LogP contribution in [-0.4, -0.2) is 36.0 Å². The Morgan fingerprint density at radius 1 is 1.20 bits per heavy atom. The van der Waals surface area contributed by atoms with Gasteiger partial charge in [0.25, 0.3) is 5.91 Å². The van der Waals surface area contributed by atoms with Crippen molar-refractivity contribution in [3.8, 4) is 17.2 Å². The number of carbonyl (C=O) groups is 1. The van der Waals surface area contributed by atoms with E-state index in [1.807, 2.05) is 31.2 Å². The van der Waals surface area contributed by atoms with Gasteiger partial charge in [0.1, 0.15) is 0 Å². The average Bonchev–Trinajstić information content (AvgIpc) is 3.10. The third kappa shape index (κ3) is 5.15. The minimum atomic E-state index is -2.95. The van der Waals surface area contributed by atoms with Crippen LogP contribution < -0.4 is 14.8 Å². The zero-order valence-corrected chi connectivity index (χ0v) is 17.9. The molecule has 1 N–H and O–H groups in total. The predicted octanol–water partition coefficient (Wildman–Crippen LogP) is 4.53. The van der Waals surface area contributed by atoms with Gasteiger partial charge in [-0.3, -0.25) is 4.79 Å². The first-order valence-electron chi connectivity index (χ1n) is 9.09. The van der Waals surface area contributed by atoms with Crippen molar-refractivity contribution in [1.82, 2.24) is 15.1 Å². The molecule has 0 aliphatic heterocycles. The SMILES string of the molecule is COc1ccc(CCNC(=O)c2cnn(-c3ccc(Br)cc3)c2C)cc1OC(F)F. The molecule has 3 aromatic rings. The normalized spacial score (nSPS) is 10.9. The molecule has 2 aromatic carbocycles. The van der Waals surface area contributed by atoms with Crippen molar-refractivity contribution in [2.24, 2.45) is 0 Å². The van der Waals surface area contributed by atoms with Crippen molar-refractivity contribution in [3.63, 3.8) is 0 Å². The van der Waals surface area contributed by atoms with Gasteiger partial charge in [0.05, 0.1) is 30.3 Å². The number of aromatic nitrogens is 2. The molecule has 6 nitrogen and oxygen atoms in total. The summed E-state index contributed by atoms with van der Waals surface area (Å²) in [5.41, 5.74) is 2.76. The van der Waals surface area contributed by atoms with Gasteiger partial charge in [0, 0.05) is 11.0 Å². The van der Waals surface area contributed by atoms with Crippen molar-refractivity contribution >= 4 is 21.8 Å². The fourth-order valence-corrected chi connectivity index (χ4v) is 3.22. The van der Waals surface area contributed by atoms with E-state index in [1.54, 1.807) is 16.8 Å². The summed E-state index contributed by atoms with van der Waals surface area (Å²) in [7, 11) is 1.38. The number of methoxy groups -OCH3 is 1. The molecule has 1 amide bonds. The molecule has 3 rings (SSSR count). The van der Waals surface area contributed by atoms with E-state index >= 15 is 0 Å². The molecule has 0 aliphatic carbocycles. The molecule has 0 unspecified atom stereocenters. The van der Waals surface area contributed by atoms with E-state index in [9.17, 15) is 13.6 Å². The number of nitrogens with zero attached hydrogens (tertiary/aromatic N) is 2. The van der Waals surface area contributed by atoms with Gasteiger partial charge in [-0.15, -0.1) is 0 Å². The first kappa shape index (κ1) is 21.8. The highest BCUT2D eigenvalue weighted by Crippen LogP contribution is 2.29. The maximum atomic E-state index is 12.6. The summed E-state index contributed by atoms with van der Waals surface area (Å²) in [5, 5.41) is 7.13. The lowest BCUT2D eigenvalue weighted by Gasteiger charge is -2.12. The number of rotatable bonds is 8. The number of amides is 1. The topological polar surface area (TPSA) is 65.4 Å². The van der Waals surface area contributed by atoms with Gasteiger partial charge in [0.15, 0.2) is 11.5 Å². The van der Waals surface area contributed by atoms with E-state index in [2.05, 4.69) is 31.1 Å². The molecule has 0 atom stereocenters. The first-order valence-corrected chi connectivity index (χ1v) is 9.89. The largest absolute Gasteiger partial charge is 0.493 e. The van der Waals surface area contributed by atoms with Crippen LogP contribution in [0.5, 0.6) is 11.5 Å². The van der Waals surface area contributed by atoms with Gasteiger partial charge < -0.3 is 14.8 Å². The summed E-state index contributed by atoms with van der Waals surface area (Å²) in [5.74, 6) is -0.0737. The second-order valence-corrected chi connectivity index (χ2v) is 7.32. The van der Waals surface area contributed by atoms with Gasteiger partial charge in [-0.05, 0) is 55.3 Å². The van der Waals surface area contributed by atoms with Gasteiger partial charge >= 0.3 is 6.61 Å². The monoisotopic (exact) mass is 479 g/mol. The fourth-order valence-electron chi connectivity index (χ4n) is 2.96. The van der Waals surface area contributed by atoms with Crippen LogP contribution in [0.25, 0.3) is 5.69 Å². The highest BCUT2D eigenvalue weighted by molar-refractivity contribution is 9.10. The molecule has 0 radical (unpaired) electrons. The predicted molar refractivity (Wildman–Crippen MR) is 112 cm³/mol. The van der Waals surface area contributed by atoms with Gasteiger partial charge in [-0.2, -0.15) is 13.9 Å². The molecule has 0 spiro atoms. The van der Waals surface area contributed by atoms with Crippen LogP contribution >= 0.6 is 15.9 Å². The quantitative estimate of drug-likeness (QED) is 0.515. The summed E-state index contributed by atoms with van der Waals surface area (Å²) >= 11 is 3.39. The second kappa shape index (κ2) is 9.71. The molecule has 1 aromatic heterocycles. The number of alkyl halides is 2. The minimum absolute atomic E-state index is 0.0389. The smallest absolute Gasteiger partial charge is 0.387 e. The lowest BCUT2D eigenvalue weighted by molar-refractivity contribution is -0.0512. The summed E-state index contributed by atoms with van der Waals surface area (Å²) in [6.45, 7) is -0.803. The summed E-state index contributed by atoms with van der Waals surface area (Å²) < 4.78 is 37.3. The van der Waals surface area contributed by atoms with Crippen molar-refractivity contribution in [1.29, 1.82) is 0 Å². The number of hydrogen-bond donors (Lipinski definition) is 1. The van der Waals surface area contributed by atoms with Crippen LogP contribution in [-0.2, 0) is 6.42 Å². The van der Waals surface area contributed by atoms with E-state index in [0.717, 1.165) is 15.7 Å². The number of hydrogen-bond acceptors (Lipinski definition) is 4. The summed E-state index contributed by atoms with van der Waals surface area (Å²) in [4.78, 5) is 12.6. The van der Waals surface area contributed by atoms with E-state index in [0.29, 0.717) is 24.2 Å². The van der Waals surface area contributed by atoms with Crippen LogP contribution in [0.2, 0.25) is 0 Å². The molecule has 0 aliphatic rings.